The fourth-order valence-corrected chi connectivity index (χ4v) is 1.29. The van der Waals surface area contributed by atoms with Crippen molar-refractivity contribution in [1.82, 2.24) is 5.01 Å². The summed E-state index contributed by atoms with van der Waals surface area (Å²) in [5.74, 6) is 3.81. The number of hydrazine groups is 1. The average molecular weight is 200 g/mol. The second kappa shape index (κ2) is 3.57. The van der Waals surface area contributed by atoms with Crippen molar-refractivity contribution in [1.29, 1.82) is 0 Å². The topological polar surface area (TPSA) is 72.6 Å². The maximum Gasteiger partial charge on any atom is 0.319 e. The second-order valence-electron chi connectivity index (χ2n) is 4.41. The third-order valence-corrected chi connectivity index (χ3v) is 1.93. The summed E-state index contributed by atoms with van der Waals surface area (Å²) in [7, 11) is 0. The van der Waals surface area contributed by atoms with Crippen LogP contribution in [0.3, 0.4) is 0 Å². The third kappa shape index (κ3) is 2.45. The zero-order valence-electron chi connectivity index (χ0n) is 8.74. The Morgan fingerprint density at radius 3 is 2.50 bits per heavy atom. The summed E-state index contributed by atoms with van der Waals surface area (Å²) in [6.07, 6.45) is 0.449. The van der Waals surface area contributed by atoms with Crippen LogP contribution in [-0.4, -0.2) is 29.0 Å². The number of carbonyl (C=O) groups excluding carboxylic acids is 2. The molecule has 1 atom stereocenters. The van der Waals surface area contributed by atoms with Gasteiger partial charge >= 0.3 is 5.97 Å². The molecule has 0 aliphatic carbocycles. The molecule has 1 fully saturated rings. The van der Waals surface area contributed by atoms with Crippen LogP contribution in [0.2, 0.25) is 0 Å². The molecule has 2 N–H and O–H groups in total. The fraction of sp³-hybridized carbons (Fsp3) is 0.778. The molecule has 0 aromatic heterocycles. The Hall–Kier alpha value is -1.10. The summed E-state index contributed by atoms with van der Waals surface area (Å²) in [6, 6.07) is 0. The van der Waals surface area contributed by atoms with Gasteiger partial charge in [0.15, 0.2) is 0 Å². The molecule has 0 unspecified atom stereocenters. The van der Waals surface area contributed by atoms with Crippen LogP contribution in [-0.2, 0) is 14.3 Å². The number of nitrogens with zero attached hydrogens (tertiary/aromatic N) is 1. The van der Waals surface area contributed by atoms with Gasteiger partial charge in [0.05, 0.1) is 0 Å². The number of rotatable bonds is 1. The van der Waals surface area contributed by atoms with E-state index in [1.807, 2.05) is 0 Å². The van der Waals surface area contributed by atoms with Gasteiger partial charge in [-0.05, 0) is 27.2 Å². The first-order valence-electron chi connectivity index (χ1n) is 4.60. The maximum absolute atomic E-state index is 11.5. The molecule has 0 aromatic carbocycles. The van der Waals surface area contributed by atoms with Crippen molar-refractivity contribution < 1.29 is 14.3 Å². The quantitative estimate of drug-likeness (QED) is 0.281. The Morgan fingerprint density at radius 1 is 1.57 bits per heavy atom. The van der Waals surface area contributed by atoms with Crippen molar-refractivity contribution in [2.45, 2.75) is 32.8 Å². The van der Waals surface area contributed by atoms with E-state index in [1.54, 1.807) is 20.8 Å². The lowest BCUT2D eigenvalue weighted by molar-refractivity contribution is -0.162. The van der Waals surface area contributed by atoms with Crippen LogP contribution < -0.4 is 5.84 Å². The van der Waals surface area contributed by atoms with Gasteiger partial charge in [-0.1, -0.05) is 0 Å². The second-order valence-corrected chi connectivity index (χ2v) is 4.41. The highest BCUT2D eigenvalue weighted by Gasteiger charge is 2.38. The van der Waals surface area contributed by atoms with Crippen LogP contribution in [0.1, 0.15) is 27.2 Å². The van der Waals surface area contributed by atoms with Gasteiger partial charge in [0.1, 0.15) is 11.5 Å². The lowest BCUT2D eigenvalue weighted by Crippen LogP contribution is -2.37. The van der Waals surface area contributed by atoms with Gasteiger partial charge in [-0.3, -0.25) is 14.6 Å². The number of hydrogen-bond acceptors (Lipinski definition) is 4. The van der Waals surface area contributed by atoms with Gasteiger partial charge in [-0.25, -0.2) is 5.84 Å². The molecule has 1 aliphatic rings. The van der Waals surface area contributed by atoms with Gasteiger partial charge in [0, 0.05) is 6.54 Å². The smallest absolute Gasteiger partial charge is 0.319 e. The van der Waals surface area contributed by atoms with Crippen LogP contribution in [0.15, 0.2) is 0 Å². The van der Waals surface area contributed by atoms with Crippen molar-refractivity contribution in [3.8, 4) is 0 Å². The highest BCUT2D eigenvalue weighted by molar-refractivity contribution is 5.99. The van der Waals surface area contributed by atoms with E-state index in [-0.39, 0.29) is 5.91 Å². The highest BCUT2D eigenvalue weighted by Crippen LogP contribution is 2.19. The molecule has 1 amide bonds. The van der Waals surface area contributed by atoms with E-state index in [0.717, 1.165) is 5.01 Å². The van der Waals surface area contributed by atoms with E-state index in [2.05, 4.69) is 0 Å². The van der Waals surface area contributed by atoms with Gasteiger partial charge in [0.2, 0.25) is 0 Å². The van der Waals surface area contributed by atoms with Crippen LogP contribution in [0.4, 0.5) is 0 Å². The summed E-state index contributed by atoms with van der Waals surface area (Å²) in [6.45, 7) is 5.72. The van der Waals surface area contributed by atoms with E-state index in [9.17, 15) is 9.59 Å². The van der Waals surface area contributed by atoms with Crippen molar-refractivity contribution in [3.05, 3.63) is 0 Å². The predicted molar refractivity (Wildman–Crippen MR) is 49.9 cm³/mol. The minimum atomic E-state index is -0.709. The molecule has 1 saturated heterocycles. The molecule has 1 rings (SSSR count). The van der Waals surface area contributed by atoms with Crippen LogP contribution in [0, 0.1) is 5.92 Å². The molecule has 14 heavy (non-hydrogen) atoms. The van der Waals surface area contributed by atoms with Crippen molar-refractivity contribution in [3.63, 3.8) is 0 Å². The van der Waals surface area contributed by atoms with E-state index in [0.29, 0.717) is 13.0 Å². The maximum atomic E-state index is 11.5. The molecule has 1 heterocycles. The van der Waals surface area contributed by atoms with Crippen molar-refractivity contribution in [2.24, 2.45) is 11.8 Å². The molecular formula is C9H16N2O3. The summed E-state index contributed by atoms with van der Waals surface area (Å²) < 4.78 is 5.10. The Balaban J connectivity index is 2.59. The molecule has 5 nitrogen and oxygen atoms in total. The number of carbonyl (C=O) groups is 2. The zero-order valence-corrected chi connectivity index (χ0v) is 8.74. The van der Waals surface area contributed by atoms with Crippen LogP contribution >= 0.6 is 0 Å². The summed E-state index contributed by atoms with van der Waals surface area (Å²) in [4.78, 5) is 22.8. The first kappa shape index (κ1) is 11.0. The van der Waals surface area contributed by atoms with Crippen molar-refractivity contribution >= 4 is 11.9 Å². The minimum absolute atomic E-state index is 0.348. The molecule has 0 saturated carbocycles. The standard InChI is InChI=1S/C9H16N2O3/c1-9(2,3)14-8(13)6-4-5-11(10)7(6)12/h6H,4-5,10H2,1-3H3/t6-/m1/s1. The van der Waals surface area contributed by atoms with Gasteiger partial charge in [-0.2, -0.15) is 0 Å². The summed E-state index contributed by atoms with van der Waals surface area (Å²) in [5.41, 5.74) is -0.556. The molecular weight excluding hydrogens is 184 g/mol. The minimum Gasteiger partial charge on any atom is -0.459 e. The van der Waals surface area contributed by atoms with Gasteiger partial charge in [-0.15, -0.1) is 0 Å². The first-order valence-corrected chi connectivity index (χ1v) is 4.60. The Kier molecular flexibility index (Phi) is 2.80. The normalized spacial score (nSPS) is 22.7. The number of ether oxygens (including phenoxy) is 1. The van der Waals surface area contributed by atoms with Crippen LogP contribution in [0.5, 0.6) is 0 Å². The van der Waals surface area contributed by atoms with E-state index in [1.165, 1.54) is 0 Å². The molecule has 5 heteroatoms. The zero-order chi connectivity index (χ0) is 10.9. The first-order chi connectivity index (χ1) is 6.31. The Labute approximate surface area is 83.2 Å². The largest absolute Gasteiger partial charge is 0.459 e. The van der Waals surface area contributed by atoms with Gasteiger partial charge in [0.25, 0.3) is 5.91 Å². The van der Waals surface area contributed by atoms with E-state index >= 15 is 0 Å². The predicted octanol–water partition coefficient (Wildman–Crippen LogP) is 0.0503. The Bertz CT molecular complexity index is 257. The Morgan fingerprint density at radius 2 is 2.14 bits per heavy atom. The number of hydrogen-bond donors (Lipinski definition) is 1. The SMILES string of the molecule is CC(C)(C)OC(=O)[C@@H]1CCN(N)C1=O. The number of nitrogens with two attached hydrogens (primary N) is 1. The van der Waals surface area contributed by atoms with Crippen molar-refractivity contribution in [2.75, 3.05) is 6.54 Å². The lowest BCUT2D eigenvalue weighted by Gasteiger charge is -2.21. The summed E-state index contributed by atoms with van der Waals surface area (Å²) in [5, 5.41) is 1.06. The molecule has 0 bridgehead atoms. The fourth-order valence-electron chi connectivity index (χ4n) is 1.29. The highest BCUT2D eigenvalue weighted by atomic mass is 16.6. The average Bonchev–Trinajstić information content (AvgIpc) is 2.29. The van der Waals surface area contributed by atoms with Crippen LogP contribution in [0.25, 0.3) is 0 Å². The monoisotopic (exact) mass is 200 g/mol. The number of esters is 1. The molecule has 0 spiro atoms. The van der Waals surface area contributed by atoms with Gasteiger partial charge < -0.3 is 4.74 Å². The lowest BCUT2D eigenvalue weighted by atomic mass is 10.1. The summed E-state index contributed by atoms with van der Waals surface area (Å²) >= 11 is 0. The molecule has 1 aliphatic heterocycles. The number of amides is 1. The van der Waals surface area contributed by atoms with E-state index < -0.39 is 17.5 Å². The molecule has 0 aromatic rings. The third-order valence-electron chi connectivity index (χ3n) is 1.93. The molecule has 80 valence electrons. The molecule has 0 radical (unpaired) electrons. The van der Waals surface area contributed by atoms with E-state index in [4.69, 9.17) is 10.6 Å².